The number of para-hydroxylation sites is 1. The quantitative estimate of drug-likeness (QED) is 0.522. The van der Waals surface area contributed by atoms with Crippen molar-refractivity contribution in [1.82, 2.24) is 25.2 Å². The number of carbonyl (C=O) groups is 3. The minimum Gasteiger partial charge on any atom is -0.355 e. The minimum atomic E-state index is -0.928. The van der Waals surface area contributed by atoms with Crippen molar-refractivity contribution in [2.24, 2.45) is 5.41 Å². The van der Waals surface area contributed by atoms with Gasteiger partial charge in [0.1, 0.15) is 11.9 Å². The zero-order chi connectivity index (χ0) is 23.5. The van der Waals surface area contributed by atoms with Gasteiger partial charge in [-0.25, -0.2) is 0 Å². The van der Waals surface area contributed by atoms with Crippen LogP contribution in [0, 0.1) is 5.41 Å². The molecule has 0 unspecified atom stereocenters. The lowest BCUT2D eigenvalue weighted by Gasteiger charge is -2.37. The summed E-state index contributed by atoms with van der Waals surface area (Å²) in [7, 11) is 0. The van der Waals surface area contributed by atoms with Gasteiger partial charge in [-0.3, -0.25) is 18.8 Å². The van der Waals surface area contributed by atoms with E-state index in [-0.39, 0.29) is 23.7 Å². The molecule has 0 radical (unpaired) electrons. The number of rotatable bonds is 6. The summed E-state index contributed by atoms with van der Waals surface area (Å²) in [4.78, 5) is 38.0. The van der Waals surface area contributed by atoms with Gasteiger partial charge in [-0.05, 0) is 42.5 Å². The maximum Gasteiger partial charge on any atom is 0.254 e. The van der Waals surface area contributed by atoms with E-state index in [9.17, 15) is 14.4 Å². The van der Waals surface area contributed by atoms with Gasteiger partial charge in [0.2, 0.25) is 11.8 Å². The van der Waals surface area contributed by atoms with Crippen LogP contribution in [0.1, 0.15) is 54.7 Å². The van der Waals surface area contributed by atoms with Gasteiger partial charge in [0.25, 0.3) is 5.91 Å². The molecule has 5 rings (SSSR count). The van der Waals surface area contributed by atoms with Gasteiger partial charge in [0.15, 0.2) is 5.65 Å². The highest BCUT2D eigenvalue weighted by molar-refractivity contribution is 6.10. The Balaban J connectivity index is 1.25. The van der Waals surface area contributed by atoms with Crippen LogP contribution < -0.4 is 16.0 Å². The fourth-order valence-corrected chi connectivity index (χ4v) is 5.06. The number of fused-ring (bicyclic) bond motifs is 2. The molecule has 0 saturated heterocycles. The first-order valence-corrected chi connectivity index (χ1v) is 11.8. The number of carbonyl (C=O) groups excluding carboxylic acids is 3. The standard InChI is InChI=1S/C25H28N6O3/c32-22(14-19-24(34)27-18-9-3-2-8-17(18)23(33)28-19)26-16-25(11-5-1-6-12-25)15-21-30-29-20-10-4-7-13-31(20)21/h2-4,7-10,13,19H,1,5-6,11-12,14-16H2,(H,26,32)(H,27,34)(H,28,33)/t19-/m0/s1. The van der Waals surface area contributed by atoms with E-state index in [1.807, 2.05) is 28.8 Å². The van der Waals surface area contributed by atoms with Crippen LogP contribution in [-0.4, -0.2) is 44.9 Å². The van der Waals surface area contributed by atoms with E-state index in [0.717, 1.165) is 37.2 Å². The summed E-state index contributed by atoms with van der Waals surface area (Å²) in [5, 5.41) is 17.2. The molecule has 9 nitrogen and oxygen atoms in total. The number of aromatic nitrogens is 3. The van der Waals surface area contributed by atoms with Gasteiger partial charge >= 0.3 is 0 Å². The van der Waals surface area contributed by atoms with Gasteiger partial charge in [-0.1, -0.05) is 37.5 Å². The van der Waals surface area contributed by atoms with Crippen LogP contribution >= 0.6 is 0 Å². The van der Waals surface area contributed by atoms with Crippen LogP contribution in [-0.2, 0) is 16.0 Å². The normalized spacial score (nSPS) is 19.6. The molecule has 176 valence electrons. The Morgan fingerprint density at radius 2 is 1.85 bits per heavy atom. The highest BCUT2D eigenvalue weighted by Gasteiger charge is 2.35. The Labute approximate surface area is 197 Å². The average molecular weight is 461 g/mol. The fourth-order valence-electron chi connectivity index (χ4n) is 5.06. The first kappa shape index (κ1) is 22.1. The summed E-state index contributed by atoms with van der Waals surface area (Å²) < 4.78 is 2.00. The third kappa shape index (κ3) is 4.50. The van der Waals surface area contributed by atoms with Crippen molar-refractivity contribution < 1.29 is 14.4 Å². The van der Waals surface area contributed by atoms with Crippen molar-refractivity contribution in [3.8, 4) is 0 Å². The third-order valence-electron chi connectivity index (χ3n) is 6.93. The van der Waals surface area contributed by atoms with E-state index in [2.05, 4.69) is 26.1 Å². The fraction of sp³-hybridized carbons (Fsp3) is 0.400. The molecule has 1 aliphatic heterocycles. The topological polar surface area (TPSA) is 117 Å². The number of benzene rings is 1. The van der Waals surface area contributed by atoms with Gasteiger partial charge in [0.05, 0.1) is 17.7 Å². The van der Waals surface area contributed by atoms with E-state index in [1.165, 1.54) is 6.42 Å². The summed E-state index contributed by atoms with van der Waals surface area (Å²) in [6.07, 6.45) is 7.94. The minimum absolute atomic E-state index is 0.113. The SMILES string of the molecule is O=C(C[C@@H]1NC(=O)c2ccccc2NC1=O)NCC1(Cc2nnc3ccccn23)CCCCC1. The monoisotopic (exact) mass is 460 g/mol. The Morgan fingerprint density at radius 1 is 1.06 bits per heavy atom. The van der Waals surface area contributed by atoms with E-state index < -0.39 is 11.9 Å². The molecule has 9 heteroatoms. The van der Waals surface area contributed by atoms with Crippen LogP contribution in [0.5, 0.6) is 0 Å². The smallest absolute Gasteiger partial charge is 0.254 e. The maximum absolute atomic E-state index is 12.9. The largest absolute Gasteiger partial charge is 0.355 e. The number of pyridine rings is 1. The van der Waals surface area contributed by atoms with E-state index in [0.29, 0.717) is 24.2 Å². The predicted octanol–water partition coefficient (Wildman–Crippen LogP) is 2.48. The number of anilines is 1. The number of amides is 3. The molecule has 3 amide bonds. The first-order valence-electron chi connectivity index (χ1n) is 11.8. The Kier molecular flexibility index (Phi) is 6.00. The van der Waals surface area contributed by atoms with Gasteiger partial charge in [-0.2, -0.15) is 0 Å². The summed E-state index contributed by atoms with van der Waals surface area (Å²) in [5.41, 5.74) is 1.54. The van der Waals surface area contributed by atoms with Gasteiger partial charge in [0, 0.05) is 19.2 Å². The lowest BCUT2D eigenvalue weighted by atomic mass is 9.71. The van der Waals surface area contributed by atoms with E-state index in [1.54, 1.807) is 24.3 Å². The van der Waals surface area contributed by atoms with E-state index >= 15 is 0 Å². The van der Waals surface area contributed by atoms with Crippen molar-refractivity contribution in [3.63, 3.8) is 0 Å². The van der Waals surface area contributed by atoms with Crippen molar-refractivity contribution in [3.05, 3.63) is 60.0 Å². The van der Waals surface area contributed by atoms with Crippen molar-refractivity contribution in [1.29, 1.82) is 0 Å². The molecule has 1 saturated carbocycles. The molecule has 2 aliphatic rings. The predicted molar refractivity (Wildman–Crippen MR) is 126 cm³/mol. The molecular formula is C25H28N6O3. The maximum atomic E-state index is 12.9. The molecule has 34 heavy (non-hydrogen) atoms. The lowest BCUT2D eigenvalue weighted by molar-refractivity contribution is -0.126. The average Bonchev–Trinajstić information content (AvgIpc) is 3.20. The Hall–Kier alpha value is -3.75. The molecule has 1 atom stereocenters. The van der Waals surface area contributed by atoms with Gasteiger partial charge in [-0.15, -0.1) is 10.2 Å². The highest BCUT2D eigenvalue weighted by Crippen LogP contribution is 2.38. The number of nitrogens with zero attached hydrogens (tertiary/aromatic N) is 3. The molecule has 3 aromatic rings. The second kappa shape index (κ2) is 9.24. The molecule has 1 aromatic carbocycles. The molecule has 0 bridgehead atoms. The molecule has 0 spiro atoms. The summed E-state index contributed by atoms with van der Waals surface area (Å²) in [5.74, 6) is -0.132. The Morgan fingerprint density at radius 3 is 2.71 bits per heavy atom. The van der Waals surface area contributed by atoms with Crippen molar-refractivity contribution >= 4 is 29.1 Å². The molecule has 1 fully saturated rings. The summed E-state index contributed by atoms with van der Waals surface area (Å²) in [6, 6.07) is 11.7. The first-order chi connectivity index (χ1) is 16.5. The zero-order valence-corrected chi connectivity index (χ0v) is 18.9. The van der Waals surface area contributed by atoms with Crippen LogP contribution in [0.25, 0.3) is 5.65 Å². The summed E-state index contributed by atoms with van der Waals surface area (Å²) >= 11 is 0. The van der Waals surface area contributed by atoms with Crippen LogP contribution in [0.3, 0.4) is 0 Å². The molecule has 2 aromatic heterocycles. The summed E-state index contributed by atoms with van der Waals surface area (Å²) in [6.45, 7) is 0.496. The second-order valence-corrected chi connectivity index (χ2v) is 9.32. The molecule has 3 N–H and O–H groups in total. The zero-order valence-electron chi connectivity index (χ0n) is 18.9. The van der Waals surface area contributed by atoms with Crippen molar-refractivity contribution in [2.45, 2.75) is 51.0 Å². The lowest BCUT2D eigenvalue weighted by Crippen LogP contribution is -2.46. The van der Waals surface area contributed by atoms with Crippen LogP contribution in [0.4, 0.5) is 5.69 Å². The van der Waals surface area contributed by atoms with E-state index in [4.69, 9.17) is 0 Å². The molecule has 1 aliphatic carbocycles. The molecule has 3 heterocycles. The second-order valence-electron chi connectivity index (χ2n) is 9.32. The number of hydrogen-bond donors (Lipinski definition) is 3. The molecular weight excluding hydrogens is 432 g/mol. The van der Waals surface area contributed by atoms with Crippen LogP contribution in [0.15, 0.2) is 48.7 Å². The van der Waals surface area contributed by atoms with Crippen molar-refractivity contribution in [2.75, 3.05) is 11.9 Å². The third-order valence-corrected chi connectivity index (χ3v) is 6.93. The highest BCUT2D eigenvalue weighted by atomic mass is 16.2. The number of hydrogen-bond acceptors (Lipinski definition) is 5. The van der Waals surface area contributed by atoms with Crippen LogP contribution in [0.2, 0.25) is 0 Å². The Bertz CT molecular complexity index is 1230. The van der Waals surface area contributed by atoms with Gasteiger partial charge < -0.3 is 16.0 Å². The number of nitrogens with one attached hydrogen (secondary N) is 3.